The molecular formula is C15H18N4S2. The minimum absolute atomic E-state index is 0.691. The molecule has 0 amide bonds. The molecule has 3 heterocycles. The van der Waals surface area contributed by atoms with Crippen LogP contribution in [0.1, 0.15) is 22.9 Å². The number of hydrogen-bond donors (Lipinski definition) is 2. The largest absolute Gasteiger partial charge is 0.365 e. The molecular weight excluding hydrogens is 300 g/mol. The van der Waals surface area contributed by atoms with Gasteiger partial charge in [-0.25, -0.2) is 4.98 Å². The molecule has 0 saturated carbocycles. The minimum Gasteiger partial charge on any atom is -0.365 e. The highest BCUT2D eigenvalue weighted by Gasteiger charge is 2.10. The third-order valence-corrected chi connectivity index (χ3v) is 5.11. The van der Waals surface area contributed by atoms with E-state index in [4.69, 9.17) is 0 Å². The van der Waals surface area contributed by atoms with E-state index in [0.29, 0.717) is 5.95 Å². The van der Waals surface area contributed by atoms with Crippen LogP contribution in [0.5, 0.6) is 0 Å². The fourth-order valence-electron chi connectivity index (χ4n) is 2.16. The summed E-state index contributed by atoms with van der Waals surface area (Å²) < 4.78 is 0. The highest BCUT2D eigenvalue weighted by Crippen LogP contribution is 2.30. The molecule has 0 spiro atoms. The smallest absolute Gasteiger partial charge is 0.226 e. The summed E-state index contributed by atoms with van der Waals surface area (Å²) in [6, 6.07) is 2.15. The lowest BCUT2D eigenvalue weighted by atomic mass is 10.2. The van der Waals surface area contributed by atoms with Gasteiger partial charge >= 0.3 is 0 Å². The van der Waals surface area contributed by atoms with Crippen molar-refractivity contribution in [1.29, 1.82) is 0 Å². The van der Waals surface area contributed by atoms with Gasteiger partial charge in [-0.1, -0.05) is 0 Å². The van der Waals surface area contributed by atoms with E-state index in [1.54, 1.807) is 22.7 Å². The van der Waals surface area contributed by atoms with Gasteiger partial charge in [-0.15, -0.1) is 11.3 Å². The van der Waals surface area contributed by atoms with Crippen molar-refractivity contribution >= 4 is 44.7 Å². The Balaban J connectivity index is 1.93. The third-order valence-electron chi connectivity index (χ3n) is 3.26. The van der Waals surface area contributed by atoms with Gasteiger partial charge in [0.2, 0.25) is 5.95 Å². The molecule has 0 aliphatic rings. The Kier molecular flexibility index (Phi) is 4.07. The van der Waals surface area contributed by atoms with Gasteiger partial charge in [-0.2, -0.15) is 16.3 Å². The van der Waals surface area contributed by atoms with Crippen LogP contribution in [0, 0.1) is 13.8 Å². The van der Waals surface area contributed by atoms with Crippen molar-refractivity contribution in [3.05, 3.63) is 32.8 Å². The van der Waals surface area contributed by atoms with Crippen LogP contribution in [-0.4, -0.2) is 16.5 Å². The zero-order valence-corrected chi connectivity index (χ0v) is 14.0. The number of aromatic nitrogens is 2. The van der Waals surface area contributed by atoms with Crippen LogP contribution in [0.4, 0.5) is 11.8 Å². The highest BCUT2D eigenvalue weighted by atomic mass is 32.1. The monoisotopic (exact) mass is 318 g/mol. The van der Waals surface area contributed by atoms with E-state index in [9.17, 15) is 0 Å². The van der Waals surface area contributed by atoms with Crippen LogP contribution < -0.4 is 10.6 Å². The van der Waals surface area contributed by atoms with E-state index in [-0.39, 0.29) is 0 Å². The molecule has 21 heavy (non-hydrogen) atoms. The van der Waals surface area contributed by atoms with Gasteiger partial charge in [0.25, 0.3) is 0 Å². The van der Waals surface area contributed by atoms with Crippen LogP contribution >= 0.6 is 22.7 Å². The van der Waals surface area contributed by atoms with Gasteiger partial charge in [0.15, 0.2) is 0 Å². The van der Waals surface area contributed by atoms with E-state index >= 15 is 0 Å². The maximum absolute atomic E-state index is 4.61. The molecule has 0 fully saturated rings. The Morgan fingerprint density at radius 2 is 2.00 bits per heavy atom. The van der Waals surface area contributed by atoms with Crippen molar-refractivity contribution in [3.63, 3.8) is 0 Å². The summed E-state index contributed by atoms with van der Waals surface area (Å²) in [5.41, 5.74) is 2.65. The van der Waals surface area contributed by atoms with Gasteiger partial charge in [-0.3, -0.25) is 0 Å². The normalized spacial score (nSPS) is 11.0. The van der Waals surface area contributed by atoms with E-state index in [1.807, 2.05) is 0 Å². The number of aryl methyl sites for hydroxylation is 2. The molecule has 0 aliphatic carbocycles. The first kappa shape index (κ1) is 14.3. The second-order valence-electron chi connectivity index (χ2n) is 4.94. The topological polar surface area (TPSA) is 49.8 Å². The van der Waals surface area contributed by atoms with E-state index in [2.05, 4.69) is 58.2 Å². The molecule has 0 bridgehead atoms. The molecule has 0 aliphatic heterocycles. The first-order chi connectivity index (χ1) is 10.2. The fourth-order valence-corrected chi connectivity index (χ4v) is 3.90. The van der Waals surface area contributed by atoms with Gasteiger partial charge < -0.3 is 10.6 Å². The molecule has 0 unspecified atom stereocenters. The predicted octanol–water partition coefficient (Wildman–Crippen LogP) is 4.41. The summed E-state index contributed by atoms with van der Waals surface area (Å²) in [6.07, 6.45) is 0. The lowest BCUT2D eigenvalue weighted by Crippen LogP contribution is -2.06. The molecule has 3 aromatic rings. The van der Waals surface area contributed by atoms with Gasteiger partial charge in [-0.05, 0) is 48.7 Å². The predicted molar refractivity (Wildman–Crippen MR) is 92.7 cm³/mol. The Morgan fingerprint density at radius 1 is 1.14 bits per heavy atom. The Labute approximate surface area is 132 Å². The van der Waals surface area contributed by atoms with Crippen LogP contribution in [-0.2, 0) is 6.54 Å². The van der Waals surface area contributed by atoms with E-state index < -0.39 is 0 Å². The highest BCUT2D eigenvalue weighted by molar-refractivity contribution is 7.18. The molecule has 0 radical (unpaired) electrons. The molecule has 2 N–H and O–H groups in total. The Morgan fingerprint density at radius 3 is 2.71 bits per heavy atom. The fraction of sp³-hybridized carbons (Fsp3) is 0.333. The molecule has 3 aromatic heterocycles. The number of nitrogens with zero attached hydrogens (tertiary/aromatic N) is 2. The Hall–Kier alpha value is -1.66. The maximum Gasteiger partial charge on any atom is 0.226 e. The zero-order chi connectivity index (χ0) is 14.8. The Bertz CT molecular complexity index is 760. The van der Waals surface area contributed by atoms with Gasteiger partial charge in [0.1, 0.15) is 10.6 Å². The zero-order valence-electron chi connectivity index (χ0n) is 12.4. The molecule has 0 saturated heterocycles. The second-order valence-corrected chi connectivity index (χ2v) is 6.91. The average molecular weight is 318 g/mol. The third kappa shape index (κ3) is 3.01. The molecule has 0 atom stereocenters. The van der Waals surface area contributed by atoms with Crippen molar-refractivity contribution in [3.8, 4) is 0 Å². The van der Waals surface area contributed by atoms with Crippen LogP contribution in [0.3, 0.4) is 0 Å². The SMILES string of the molecule is CCNc1nc(NCc2cscc2C)c2cc(C)sc2n1. The van der Waals surface area contributed by atoms with Crippen molar-refractivity contribution in [2.45, 2.75) is 27.3 Å². The summed E-state index contributed by atoms with van der Waals surface area (Å²) in [5, 5.41) is 12.1. The van der Waals surface area contributed by atoms with Crippen LogP contribution in [0.15, 0.2) is 16.8 Å². The number of thiophene rings is 2. The molecule has 110 valence electrons. The van der Waals surface area contributed by atoms with E-state index in [1.165, 1.54) is 16.0 Å². The number of rotatable bonds is 5. The van der Waals surface area contributed by atoms with Gasteiger partial charge in [0, 0.05) is 18.0 Å². The van der Waals surface area contributed by atoms with Gasteiger partial charge in [0.05, 0.1) is 5.39 Å². The average Bonchev–Trinajstić information content (AvgIpc) is 3.01. The maximum atomic E-state index is 4.61. The summed E-state index contributed by atoms with van der Waals surface area (Å²) in [4.78, 5) is 11.5. The number of hydrogen-bond acceptors (Lipinski definition) is 6. The number of anilines is 2. The number of fused-ring (bicyclic) bond motifs is 1. The van der Waals surface area contributed by atoms with Crippen LogP contribution in [0.2, 0.25) is 0 Å². The second kappa shape index (κ2) is 5.99. The van der Waals surface area contributed by atoms with Crippen molar-refractivity contribution in [1.82, 2.24) is 9.97 Å². The number of nitrogens with one attached hydrogen (secondary N) is 2. The van der Waals surface area contributed by atoms with Crippen LogP contribution in [0.25, 0.3) is 10.2 Å². The van der Waals surface area contributed by atoms with Crippen molar-refractivity contribution < 1.29 is 0 Å². The summed E-state index contributed by atoms with van der Waals surface area (Å²) >= 11 is 3.44. The molecule has 4 nitrogen and oxygen atoms in total. The van der Waals surface area contributed by atoms with E-state index in [0.717, 1.165) is 29.1 Å². The lowest BCUT2D eigenvalue weighted by molar-refractivity contribution is 1.07. The first-order valence-electron chi connectivity index (χ1n) is 6.95. The molecule has 6 heteroatoms. The van der Waals surface area contributed by atoms with Crippen molar-refractivity contribution in [2.75, 3.05) is 17.2 Å². The lowest BCUT2D eigenvalue weighted by Gasteiger charge is -2.09. The standard InChI is InChI=1S/C15H18N4S2/c1-4-16-15-18-13(12-5-10(3)21-14(12)19-15)17-6-11-8-20-7-9(11)2/h5,7-8H,4,6H2,1-3H3,(H2,16,17,18,19). The summed E-state index contributed by atoms with van der Waals surface area (Å²) in [7, 11) is 0. The summed E-state index contributed by atoms with van der Waals surface area (Å²) in [6.45, 7) is 7.91. The minimum atomic E-state index is 0.691. The first-order valence-corrected chi connectivity index (χ1v) is 8.71. The quantitative estimate of drug-likeness (QED) is 0.731. The molecule has 0 aromatic carbocycles. The summed E-state index contributed by atoms with van der Waals surface area (Å²) in [5.74, 6) is 1.60. The van der Waals surface area contributed by atoms with Crippen molar-refractivity contribution in [2.24, 2.45) is 0 Å². The molecule has 3 rings (SSSR count).